The van der Waals surface area contributed by atoms with Crippen molar-refractivity contribution in [1.82, 2.24) is 4.98 Å². The number of H-pyrrole nitrogens is 1. The molecule has 0 bridgehead atoms. The van der Waals surface area contributed by atoms with Gasteiger partial charge in [0.15, 0.2) is 0 Å². The predicted molar refractivity (Wildman–Crippen MR) is 92.5 cm³/mol. The molecule has 0 saturated carbocycles. The third-order valence-electron chi connectivity index (χ3n) is 2.95. The summed E-state index contributed by atoms with van der Waals surface area (Å²) in [5.74, 6) is 0. The van der Waals surface area contributed by atoms with Gasteiger partial charge in [-0.05, 0) is 30.3 Å². The highest BCUT2D eigenvalue weighted by molar-refractivity contribution is 9.10. The molecular weight excluding hydrogens is 395 g/mol. The summed E-state index contributed by atoms with van der Waals surface area (Å²) in [6, 6.07) is 10.8. The third kappa shape index (κ3) is 2.97. The summed E-state index contributed by atoms with van der Waals surface area (Å²) < 4.78 is 16.2. The zero-order valence-corrected chi connectivity index (χ0v) is 14.4. The van der Waals surface area contributed by atoms with Crippen molar-refractivity contribution in [2.45, 2.75) is 4.90 Å². The normalized spacial score (nSPS) is 12.5. The Hall–Kier alpha value is -1.01. The smallest absolute Gasteiger partial charge is 0.150 e. The van der Waals surface area contributed by atoms with Crippen molar-refractivity contribution < 1.29 is 4.21 Å². The molecule has 2 N–H and O–H groups in total. The van der Waals surface area contributed by atoms with Gasteiger partial charge in [-0.25, -0.2) is 4.21 Å². The van der Waals surface area contributed by atoms with Crippen LogP contribution in [0.2, 0.25) is 10.0 Å². The average Bonchev–Trinajstić information content (AvgIpc) is 2.85. The van der Waals surface area contributed by atoms with Crippen molar-refractivity contribution in [2.75, 3.05) is 4.72 Å². The molecule has 0 saturated heterocycles. The number of aromatic nitrogens is 1. The highest BCUT2D eigenvalue weighted by Gasteiger charge is 2.12. The van der Waals surface area contributed by atoms with Gasteiger partial charge in [-0.1, -0.05) is 45.2 Å². The number of anilines is 1. The fraction of sp³-hybridized carbons (Fsp3) is 0. The monoisotopic (exact) mass is 402 g/mol. The first kappa shape index (κ1) is 14.9. The number of benzene rings is 2. The molecule has 3 rings (SSSR count). The largest absolute Gasteiger partial charge is 0.358 e. The van der Waals surface area contributed by atoms with Crippen molar-refractivity contribution in [2.24, 2.45) is 0 Å². The van der Waals surface area contributed by atoms with Gasteiger partial charge in [-0.3, -0.25) is 4.72 Å². The second-order valence-electron chi connectivity index (χ2n) is 4.31. The first-order chi connectivity index (χ1) is 10.1. The molecule has 2 aromatic carbocycles. The average molecular weight is 404 g/mol. The van der Waals surface area contributed by atoms with Crippen LogP contribution in [-0.2, 0) is 11.0 Å². The summed E-state index contributed by atoms with van der Waals surface area (Å²) in [6.07, 6.45) is 1.66. The van der Waals surface area contributed by atoms with Gasteiger partial charge in [0.25, 0.3) is 0 Å². The lowest BCUT2D eigenvalue weighted by Gasteiger charge is -2.08. The van der Waals surface area contributed by atoms with E-state index in [1.807, 2.05) is 12.1 Å². The molecule has 0 amide bonds. The zero-order chi connectivity index (χ0) is 15.0. The summed E-state index contributed by atoms with van der Waals surface area (Å²) in [5, 5.41) is 1.80. The Labute approximate surface area is 142 Å². The van der Waals surface area contributed by atoms with Crippen molar-refractivity contribution >= 4 is 66.7 Å². The quantitative estimate of drug-likeness (QED) is 0.606. The van der Waals surface area contributed by atoms with Crippen LogP contribution in [0.1, 0.15) is 0 Å². The lowest BCUT2D eigenvalue weighted by molar-refractivity contribution is 0.686. The maximum Gasteiger partial charge on any atom is 0.150 e. The van der Waals surface area contributed by atoms with E-state index in [4.69, 9.17) is 23.2 Å². The lowest BCUT2D eigenvalue weighted by Crippen LogP contribution is -2.05. The molecule has 1 heterocycles. The van der Waals surface area contributed by atoms with Gasteiger partial charge >= 0.3 is 0 Å². The van der Waals surface area contributed by atoms with Crippen molar-refractivity contribution in [3.63, 3.8) is 0 Å². The number of rotatable bonds is 3. The SMILES string of the molecule is O=S(Nc1ccc(Cl)c2c(Cl)c[nH]c12)c1cccc(Br)c1. The number of halogens is 3. The fourth-order valence-electron chi connectivity index (χ4n) is 1.99. The molecule has 0 aliphatic carbocycles. The fourth-order valence-corrected chi connectivity index (χ4v) is 4.03. The maximum atomic E-state index is 12.4. The minimum Gasteiger partial charge on any atom is -0.358 e. The van der Waals surface area contributed by atoms with E-state index < -0.39 is 11.0 Å². The topological polar surface area (TPSA) is 44.9 Å². The van der Waals surface area contributed by atoms with E-state index in [1.165, 1.54) is 0 Å². The second-order valence-corrected chi connectivity index (χ2v) is 7.25. The second kappa shape index (κ2) is 6.01. The summed E-state index contributed by atoms with van der Waals surface area (Å²) in [6.45, 7) is 0. The Bertz CT molecular complexity index is 850. The lowest BCUT2D eigenvalue weighted by atomic mass is 10.2. The van der Waals surface area contributed by atoms with E-state index in [1.54, 1.807) is 30.5 Å². The molecular formula is C14H9BrCl2N2OS. The number of hydrogen-bond donors (Lipinski definition) is 2. The van der Waals surface area contributed by atoms with Crippen LogP contribution in [0.25, 0.3) is 10.9 Å². The molecule has 108 valence electrons. The molecule has 0 radical (unpaired) electrons. The number of fused-ring (bicyclic) bond motifs is 1. The zero-order valence-electron chi connectivity index (χ0n) is 10.5. The first-order valence-electron chi connectivity index (χ1n) is 5.95. The Morgan fingerprint density at radius 2 is 1.95 bits per heavy atom. The molecule has 1 unspecified atom stereocenters. The Balaban J connectivity index is 1.99. The standard InChI is InChI=1S/C14H9BrCl2N2OS/c15-8-2-1-3-9(6-8)21(20)19-12-5-4-10(16)13-11(17)7-18-14(12)13/h1-7,18-19H. The molecule has 1 aromatic heterocycles. The minimum atomic E-state index is -1.38. The van der Waals surface area contributed by atoms with Crippen molar-refractivity contribution in [3.8, 4) is 0 Å². The van der Waals surface area contributed by atoms with Crippen molar-refractivity contribution in [1.29, 1.82) is 0 Å². The van der Waals surface area contributed by atoms with Gasteiger partial charge in [0.05, 0.1) is 26.1 Å². The maximum absolute atomic E-state index is 12.4. The van der Waals surface area contributed by atoms with Crippen LogP contribution in [0.15, 0.2) is 52.0 Å². The van der Waals surface area contributed by atoms with Crippen LogP contribution in [-0.4, -0.2) is 9.19 Å². The van der Waals surface area contributed by atoms with Gasteiger partial charge in [0.2, 0.25) is 0 Å². The van der Waals surface area contributed by atoms with E-state index in [2.05, 4.69) is 25.6 Å². The van der Waals surface area contributed by atoms with Crippen molar-refractivity contribution in [3.05, 3.63) is 57.1 Å². The van der Waals surface area contributed by atoms with Crippen LogP contribution in [0.3, 0.4) is 0 Å². The third-order valence-corrected chi connectivity index (χ3v) is 5.14. The highest BCUT2D eigenvalue weighted by atomic mass is 79.9. The first-order valence-corrected chi connectivity index (χ1v) is 8.65. The van der Waals surface area contributed by atoms with Crippen LogP contribution in [0, 0.1) is 0 Å². The van der Waals surface area contributed by atoms with Gasteiger partial charge in [0, 0.05) is 16.1 Å². The van der Waals surface area contributed by atoms with Gasteiger partial charge in [-0.15, -0.1) is 0 Å². The Morgan fingerprint density at radius 3 is 2.71 bits per heavy atom. The minimum absolute atomic E-state index is 0.534. The van der Waals surface area contributed by atoms with E-state index in [0.717, 1.165) is 15.4 Å². The molecule has 3 nitrogen and oxygen atoms in total. The molecule has 3 aromatic rings. The van der Waals surface area contributed by atoms with E-state index in [0.29, 0.717) is 20.6 Å². The van der Waals surface area contributed by atoms with E-state index in [9.17, 15) is 4.21 Å². The molecule has 1 atom stereocenters. The number of nitrogens with one attached hydrogen (secondary N) is 2. The summed E-state index contributed by atoms with van der Waals surface area (Å²) >= 11 is 15.6. The highest BCUT2D eigenvalue weighted by Crippen LogP contribution is 2.35. The van der Waals surface area contributed by atoms with Gasteiger partial charge in [0.1, 0.15) is 11.0 Å². The summed E-state index contributed by atoms with van der Waals surface area (Å²) in [4.78, 5) is 3.71. The molecule has 0 spiro atoms. The molecule has 0 fully saturated rings. The molecule has 7 heteroatoms. The van der Waals surface area contributed by atoms with Gasteiger partial charge < -0.3 is 4.98 Å². The molecule has 0 aliphatic heterocycles. The van der Waals surface area contributed by atoms with E-state index >= 15 is 0 Å². The summed E-state index contributed by atoms with van der Waals surface area (Å²) in [7, 11) is -1.38. The van der Waals surface area contributed by atoms with Crippen LogP contribution in [0.5, 0.6) is 0 Å². The Kier molecular flexibility index (Phi) is 4.26. The van der Waals surface area contributed by atoms with Crippen LogP contribution >= 0.6 is 39.1 Å². The summed E-state index contributed by atoms with van der Waals surface area (Å²) in [5.41, 5.74) is 1.41. The van der Waals surface area contributed by atoms with E-state index in [-0.39, 0.29) is 0 Å². The van der Waals surface area contributed by atoms with Crippen LogP contribution in [0.4, 0.5) is 5.69 Å². The molecule has 21 heavy (non-hydrogen) atoms. The van der Waals surface area contributed by atoms with Gasteiger partial charge in [-0.2, -0.15) is 0 Å². The number of hydrogen-bond acceptors (Lipinski definition) is 1. The molecule has 0 aliphatic rings. The predicted octanol–water partition coefficient (Wildman–Crippen LogP) is 5.37. The van der Waals surface area contributed by atoms with Crippen LogP contribution < -0.4 is 4.72 Å². The number of aromatic amines is 1. The Morgan fingerprint density at radius 1 is 1.14 bits per heavy atom.